The lowest BCUT2D eigenvalue weighted by Crippen LogP contribution is -2.26. The highest BCUT2D eigenvalue weighted by molar-refractivity contribution is 5.37. The Labute approximate surface area is 130 Å². The van der Waals surface area contributed by atoms with Crippen molar-refractivity contribution in [1.82, 2.24) is 0 Å². The highest BCUT2D eigenvalue weighted by Gasteiger charge is 2.36. The molecule has 0 aromatic rings. The quantitative estimate of drug-likeness (QED) is 0.565. The smallest absolute Gasteiger partial charge is 0.372 e. The van der Waals surface area contributed by atoms with Crippen molar-refractivity contribution in [3.05, 3.63) is 34.9 Å². The zero-order valence-electron chi connectivity index (χ0n) is 13.5. The highest BCUT2D eigenvalue weighted by Crippen LogP contribution is 2.40. The van der Waals surface area contributed by atoms with Crippen LogP contribution in [0.5, 0.6) is 0 Å². The Morgan fingerprint density at radius 2 is 2.00 bits per heavy atom. The molecule has 1 aliphatic rings. The molecule has 0 bridgehead atoms. The summed E-state index contributed by atoms with van der Waals surface area (Å²) >= 11 is 0. The maximum absolute atomic E-state index is 12.1. The van der Waals surface area contributed by atoms with Crippen molar-refractivity contribution in [3.8, 4) is 11.8 Å². The highest BCUT2D eigenvalue weighted by atomic mass is 19.4. The lowest BCUT2D eigenvalue weighted by atomic mass is 9.72. The Kier molecular flexibility index (Phi) is 6.08. The molecule has 122 valence electrons. The zero-order valence-corrected chi connectivity index (χ0v) is 13.5. The number of allylic oxidation sites excluding steroid dienone is 6. The van der Waals surface area contributed by atoms with Gasteiger partial charge in [0.15, 0.2) is 0 Å². The van der Waals surface area contributed by atoms with Gasteiger partial charge in [0.05, 0.1) is 0 Å². The summed E-state index contributed by atoms with van der Waals surface area (Å²) in [4.78, 5) is 0. The first kappa shape index (κ1) is 18.6. The Morgan fingerprint density at radius 3 is 2.55 bits per heavy atom. The second-order valence-corrected chi connectivity index (χ2v) is 6.39. The zero-order chi connectivity index (χ0) is 17.0. The van der Waals surface area contributed by atoms with Crippen molar-refractivity contribution in [1.29, 1.82) is 0 Å². The lowest BCUT2D eigenvalue weighted by molar-refractivity contribution is -0.184. The van der Waals surface area contributed by atoms with E-state index in [1.165, 1.54) is 23.6 Å². The van der Waals surface area contributed by atoms with Crippen LogP contribution in [0.2, 0.25) is 0 Å². The molecule has 0 spiro atoms. The largest absolute Gasteiger partial charge is 0.425 e. The predicted octanol–water partition coefficient (Wildman–Crippen LogP) is 4.94. The summed E-state index contributed by atoms with van der Waals surface area (Å²) in [7, 11) is 0. The first-order chi connectivity index (χ1) is 10.0. The van der Waals surface area contributed by atoms with Gasteiger partial charge in [-0.2, -0.15) is 13.2 Å². The Balaban J connectivity index is 2.82. The van der Waals surface area contributed by atoms with Crippen molar-refractivity contribution in [3.63, 3.8) is 0 Å². The molecule has 1 rings (SSSR count). The molecule has 1 N–H and O–H groups in total. The van der Waals surface area contributed by atoms with Gasteiger partial charge in [0.2, 0.25) is 6.10 Å². The van der Waals surface area contributed by atoms with E-state index in [1.54, 1.807) is 12.8 Å². The third-order valence-electron chi connectivity index (χ3n) is 3.89. The summed E-state index contributed by atoms with van der Waals surface area (Å²) in [6.07, 6.45) is 1.39. The predicted molar refractivity (Wildman–Crippen MR) is 83.1 cm³/mol. The molecule has 0 aliphatic heterocycles. The average molecular weight is 312 g/mol. The lowest BCUT2D eigenvalue weighted by Gasteiger charge is -2.32. The van der Waals surface area contributed by atoms with E-state index in [0.717, 1.165) is 18.4 Å². The number of rotatable bonds is 2. The van der Waals surface area contributed by atoms with Crippen molar-refractivity contribution in [2.45, 2.75) is 59.2 Å². The van der Waals surface area contributed by atoms with Crippen LogP contribution in [0.15, 0.2) is 34.9 Å². The normalized spacial score (nSPS) is 20.8. The molecular weight excluding hydrogens is 289 g/mol. The molecule has 0 heterocycles. The third kappa shape index (κ3) is 5.38. The number of halogens is 3. The van der Waals surface area contributed by atoms with Crippen LogP contribution in [0.3, 0.4) is 0 Å². The monoisotopic (exact) mass is 312 g/mol. The van der Waals surface area contributed by atoms with E-state index in [2.05, 4.69) is 26.7 Å². The van der Waals surface area contributed by atoms with E-state index in [0.29, 0.717) is 0 Å². The number of aliphatic hydroxyl groups excluding tert-OH is 1. The molecule has 1 atom stereocenters. The first-order valence-electron chi connectivity index (χ1n) is 7.35. The van der Waals surface area contributed by atoms with Gasteiger partial charge in [0, 0.05) is 0 Å². The van der Waals surface area contributed by atoms with Gasteiger partial charge >= 0.3 is 6.18 Å². The molecule has 0 radical (unpaired) electrons. The molecule has 4 heteroatoms. The molecule has 0 saturated carbocycles. The van der Waals surface area contributed by atoms with Gasteiger partial charge in [-0.05, 0) is 55.7 Å². The van der Waals surface area contributed by atoms with Gasteiger partial charge in [0.25, 0.3) is 0 Å². The number of alkyl halides is 3. The second kappa shape index (κ2) is 7.19. The fraction of sp³-hybridized carbons (Fsp3) is 0.556. The number of hydrogen-bond acceptors (Lipinski definition) is 1. The summed E-state index contributed by atoms with van der Waals surface area (Å²) in [5.74, 6) is 4.04. The minimum atomic E-state index is -4.70. The van der Waals surface area contributed by atoms with Crippen LogP contribution in [-0.4, -0.2) is 17.4 Å². The van der Waals surface area contributed by atoms with E-state index >= 15 is 0 Å². The van der Waals surface area contributed by atoms with E-state index in [9.17, 15) is 13.2 Å². The van der Waals surface area contributed by atoms with E-state index < -0.39 is 12.3 Å². The van der Waals surface area contributed by atoms with Crippen LogP contribution in [-0.2, 0) is 0 Å². The van der Waals surface area contributed by atoms with Gasteiger partial charge in [0.1, 0.15) is 0 Å². The minimum absolute atomic E-state index is 0.122. The maximum atomic E-state index is 12.1. The van der Waals surface area contributed by atoms with Crippen molar-refractivity contribution < 1.29 is 18.3 Å². The van der Waals surface area contributed by atoms with Crippen molar-refractivity contribution in [2.24, 2.45) is 5.41 Å². The molecule has 0 fully saturated rings. The molecule has 1 aliphatic carbocycles. The fourth-order valence-electron chi connectivity index (χ4n) is 2.59. The van der Waals surface area contributed by atoms with Crippen LogP contribution in [0.25, 0.3) is 0 Å². The molecule has 0 amide bonds. The Morgan fingerprint density at radius 1 is 1.36 bits per heavy atom. The molecule has 22 heavy (non-hydrogen) atoms. The van der Waals surface area contributed by atoms with Crippen molar-refractivity contribution in [2.75, 3.05) is 0 Å². The molecule has 0 aromatic carbocycles. The average Bonchev–Trinajstić information content (AvgIpc) is 2.36. The molecule has 1 nitrogen and oxygen atoms in total. The number of aliphatic hydroxyl groups is 1. The van der Waals surface area contributed by atoms with Gasteiger partial charge in [-0.1, -0.05) is 43.4 Å². The Hall–Kier alpha value is -1.47. The van der Waals surface area contributed by atoms with Gasteiger partial charge in [-0.3, -0.25) is 0 Å². The summed E-state index contributed by atoms with van der Waals surface area (Å²) < 4.78 is 36.3. The van der Waals surface area contributed by atoms with Gasteiger partial charge in [-0.15, -0.1) is 0 Å². The summed E-state index contributed by atoms with van der Waals surface area (Å²) in [5.41, 5.74) is 3.52. The van der Waals surface area contributed by atoms with E-state index in [4.69, 9.17) is 5.11 Å². The molecule has 0 aromatic heterocycles. The number of hydrogen-bond donors (Lipinski definition) is 1. The van der Waals surface area contributed by atoms with Crippen LogP contribution >= 0.6 is 0 Å². The first-order valence-corrected chi connectivity index (χ1v) is 7.35. The topological polar surface area (TPSA) is 20.2 Å². The molecule has 0 saturated heterocycles. The standard InChI is InChI=1S/C18H23F3O/c1-13(7-5-9-16(22)18(19,20)21)10-11-15-14(2)8-6-12-17(15,3)4/h7,10-11,16,22H,6,8,12H2,1-4H3/b11-10+,13-7+. The van der Waals surface area contributed by atoms with Gasteiger partial charge in [-0.25, -0.2) is 0 Å². The van der Waals surface area contributed by atoms with Crippen LogP contribution in [0.4, 0.5) is 13.2 Å². The van der Waals surface area contributed by atoms with E-state index in [-0.39, 0.29) is 5.41 Å². The Bertz CT molecular complexity index is 551. The van der Waals surface area contributed by atoms with E-state index in [1.807, 2.05) is 12.2 Å². The maximum Gasteiger partial charge on any atom is 0.425 e. The third-order valence-corrected chi connectivity index (χ3v) is 3.89. The van der Waals surface area contributed by atoms with Crippen molar-refractivity contribution >= 4 is 0 Å². The molecule has 1 unspecified atom stereocenters. The SMILES string of the molecule is CC1=C(/C=C/C(C)=C/C#CC(O)C(F)(F)F)C(C)(C)CCC1. The van der Waals surface area contributed by atoms with Crippen LogP contribution < -0.4 is 0 Å². The van der Waals surface area contributed by atoms with Crippen LogP contribution in [0.1, 0.15) is 47.0 Å². The minimum Gasteiger partial charge on any atom is -0.372 e. The van der Waals surface area contributed by atoms with Crippen LogP contribution in [0, 0.1) is 17.3 Å². The van der Waals surface area contributed by atoms with Gasteiger partial charge < -0.3 is 5.11 Å². The second-order valence-electron chi connectivity index (χ2n) is 6.39. The fourth-order valence-corrected chi connectivity index (χ4v) is 2.59. The summed E-state index contributed by atoms with van der Waals surface area (Å²) in [6.45, 7) is 8.30. The molecular formula is C18H23F3O. The summed E-state index contributed by atoms with van der Waals surface area (Å²) in [5, 5.41) is 8.78. The summed E-state index contributed by atoms with van der Waals surface area (Å²) in [6, 6.07) is 0.